The Morgan fingerprint density at radius 3 is 2.65 bits per heavy atom. The number of hydrogen-bond donors (Lipinski definition) is 0. The zero-order valence-electron chi connectivity index (χ0n) is 17.2. The van der Waals surface area contributed by atoms with E-state index in [4.69, 9.17) is 0 Å². The molecule has 8 nitrogen and oxygen atoms in total. The van der Waals surface area contributed by atoms with Gasteiger partial charge in [0, 0.05) is 43.9 Å². The number of sulfonamides is 1. The zero-order chi connectivity index (χ0) is 21.4. The van der Waals surface area contributed by atoms with E-state index in [1.807, 2.05) is 28.8 Å². The van der Waals surface area contributed by atoms with E-state index in [-0.39, 0.29) is 16.7 Å². The number of fused-ring (bicyclic) bond motifs is 1. The maximum atomic E-state index is 13.3. The largest absolute Gasteiger partial charge is 0.338 e. The van der Waals surface area contributed by atoms with Gasteiger partial charge in [-0.3, -0.25) is 9.20 Å². The predicted octanol–water partition coefficient (Wildman–Crippen LogP) is 2.53. The van der Waals surface area contributed by atoms with E-state index in [0.29, 0.717) is 31.7 Å². The van der Waals surface area contributed by atoms with Gasteiger partial charge in [0.25, 0.3) is 5.91 Å². The van der Waals surface area contributed by atoms with Crippen molar-refractivity contribution in [1.29, 1.82) is 0 Å². The Morgan fingerprint density at radius 1 is 0.968 bits per heavy atom. The highest BCUT2D eigenvalue weighted by molar-refractivity contribution is 7.89. The molecule has 0 unspecified atom stereocenters. The zero-order valence-corrected chi connectivity index (χ0v) is 18.0. The Kier molecular flexibility index (Phi) is 5.23. The van der Waals surface area contributed by atoms with Gasteiger partial charge >= 0.3 is 0 Å². The first-order valence-electron chi connectivity index (χ1n) is 10.7. The van der Waals surface area contributed by atoms with E-state index in [1.165, 1.54) is 10.4 Å². The molecule has 0 spiro atoms. The number of piperidine rings is 1. The fourth-order valence-electron chi connectivity index (χ4n) is 4.56. The quantitative estimate of drug-likeness (QED) is 0.623. The number of benzene rings is 1. The lowest BCUT2D eigenvalue weighted by Crippen LogP contribution is -2.39. The van der Waals surface area contributed by atoms with Gasteiger partial charge in [-0.25, -0.2) is 8.42 Å². The van der Waals surface area contributed by atoms with Gasteiger partial charge in [-0.1, -0.05) is 12.1 Å². The van der Waals surface area contributed by atoms with Crippen molar-refractivity contribution in [2.45, 2.75) is 36.5 Å². The average Bonchev–Trinajstić information content (AvgIpc) is 3.49. The molecule has 2 fully saturated rings. The number of amides is 1. The lowest BCUT2D eigenvalue weighted by atomic mass is 9.96. The van der Waals surface area contributed by atoms with Crippen molar-refractivity contribution in [3.8, 4) is 0 Å². The van der Waals surface area contributed by atoms with Crippen LogP contribution in [0, 0.1) is 0 Å². The van der Waals surface area contributed by atoms with E-state index in [0.717, 1.165) is 37.2 Å². The van der Waals surface area contributed by atoms with Gasteiger partial charge in [0.2, 0.25) is 10.0 Å². The lowest BCUT2D eigenvalue weighted by Gasteiger charge is -2.32. The second-order valence-electron chi connectivity index (χ2n) is 8.22. The predicted molar refractivity (Wildman–Crippen MR) is 115 cm³/mol. The molecule has 2 aliphatic rings. The summed E-state index contributed by atoms with van der Waals surface area (Å²) >= 11 is 0. The summed E-state index contributed by atoms with van der Waals surface area (Å²) in [6.07, 6.45) is 5.50. The molecule has 0 saturated carbocycles. The molecule has 2 aliphatic heterocycles. The number of carbonyl (C=O) groups is 1. The fraction of sp³-hybridized carbons (Fsp3) is 0.409. The maximum Gasteiger partial charge on any atom is 0.253 e. The maximum absolute atomic E-state index is 13.3. The van der Waals surface area contributed by atoms with Crippen LogP contribution in [-0.2, 0) is 10.0 Å². The summed E-state index contributed by atoms with van der Waals surface area (Å²) in [6.45, 7) is 2.27. The molecule has 1 amide bonds. The minimum Gasteiger partial charge on any atom is -0.338 e. The van der Waals surface area contributed by atoms with Gasteiger partial charge in [0.15, 0.2) is 5.65 Å². The molecule has 2 saturated heterocycles. The molecular formula is C22H25N5O3S. The molecule has 1 atom stereocenters. The number of hydrogen-bond acceptors (Lipinski definition) is 5. The highest BCUT2D eigenvalue weighted by Crippen LogP contribution is 2.28. The first-order valence-corrected chi connectivity index (χ1v) is 12.2. The SMILES string of the molecule is O=C(c1cccc(S(=O)(=O)N2CCCC2)c1)N1CCC[C@H](c2nnc3ccccn23)C1. The number of likely N-dealkylation sites (tertiary alicyclic amines) is 1. The lowest BCUT2D eigenvalue weighted by molar-refractivity contribution is 0.0704. The summed E-state index contributed by atoms with van der Waals surface area (Å²) in [7, 11) is -3.55. The summed E-state index contributed by atoms with van der Waals surface area (Å²) in [5.41, 5.74) is 1.20. The third-order valence-electron chi connectivity index (χ3n) is 6.20. The summed E-state index contributed by atoms with van der Waals surface area (Å²) in [5.74, 6) is 0.807. The summed E-state index contributed by atoms with van der Waals surface area (Å²) in [6, 6.07) is 12.2. The smallest absolute Gasteiger partial charge is 0.253 e. The minimum atomic E-state index is -3.55. The van der Waals surface area contributed by atoms with Gasteiger partial charge in [-0.15, -0.1) is 10.2 Å². The Morgan fingerprint density at radius 2 is 1.81 bits per heavy atom. The molecule has 0 radical (unpaired) electrons. The Hall–Kier alpha value is -2.78. The Labute approximate surface area is 181 Å². The molecule has 0 bridgehead atoms. The second-order valence-corrected chi connectivity index (χ2v) is 10.2. The summed E-state index contributed by atoms with van der Waals surface area (Å²) in [5, 5.41) is 8.60. The third kappa shape index (κ3) is 3.72. The molecule has 4 heterocycles. The molecule has 3 aromatic rings. The number of rotatable bonds is 4. The van der Waals surface area contributed by atoms with E-state index in [1.54, 1.807) is 23.1 Å². The average molecular weight is 440 g/mol. The van der Waals surface area contributed by atoms with Crippen LogP contribution in [0.5, 0.6) is 0 Å². The van der Waals surface area contributed by atoms with Crippen LogP contribution >= 0.6 is 0 Å². The van der Waals surface area contributed by atoms with Crippen molar-refractivity contribution >= 4 is 21.6 Å². The van der Waals surface area contributed by atoms with Crippen LogP contribution in [-0.4, -0.2) is 64.3 Å². The van der Waals surface area contributed by atoms with E-state index < -0.39 is 10.0 Å². The van der Waals surface area contributed by atoms with Gasteiger partial charge in [-0.2, -0.15) is 4.31 Å². The molecule has 5 rings (SSSR count). The van der Waals surface area contributed by atoms with Gasteiger partial charge in [0.1, 0.15) is 5.82 Å². The van der Waals surface area contributed by atoms with Crippen LogP contribution in [0.4, 0.5) is 0 Å². The summed E-state index contributed by atoms with van der Waals surface area (Å²) < 4.78 is 29.3. The van der Waals surface area contributed by atoms with Crippen LogP contribution in [0.2, 0.25) is 0 Å². The minimum absolute atomic E-state index is 0.0895. The van der Waals surface area contributed by atoms with Crippen molar-refractivity contribution in [1.82, 2.24) is 23.8 Å². The molecule has 0 N–H and O–H groups in total. The normalized spacial score (nSPS) is 20.4. The fourth-order valence-corrected chi connectivity index (χ4v) is 6.12. The van der Waals surface area contributed by atoms with Crippen molar-refractivity contribution in [3.05, 3.63) is 60.0 Å². The summed E-state index contributed by atoms with van der Waals surface area (Å²) in [4.78, 5) is 15.3. The molecular weight excluding hydrogens is 414 g/mol. The number of pyridine rings is 1. The van der Waals surface area contributed by atoms with Crippen LogP contribution in [0.1, 0.15) is 47.8 Å². The van der Waals surface area contributed by atoms with Gasteiger partial charge in [-0.05, 0) is 56.0 Å². The molecule has 2 aromatic heterocycles. The number of carbonyl (C=O) groups excluding carboxylic acids is 1. The first kappa shape index (κ1) is 20.1. The monoisotopic (exact) mass is 439 g/mol. The number of nitrogens with zero attached hydrogens (tertiary/aromatic N) is 5. The molecule has 9 heteroatoms. The van der Waals surface area contributed by atoms with Gasteiger partial charge in [0.05, 0.1) is 4.90 Å². The highest BCUT2D eigenvalue weighted by atomic mass is 32.2. The van der Waals surface area contributed by atoms with Crippen molar-refractivity contribution < 1.29 is 13.2 Å². The third-order valence-corrected chi connectivity index (χ3v) is 8.09. The Bertz CT molecular complexity index is 1220. The molecule has 31 heavy (non-hydrogen) atoms. The topological polar surface area (TPSA) is 87.9 Å². The molecule has 1 aromatic carbocycles. The van der Waals surface area contributed by atoms with E-state index in [2.05, 4.69) is 10.2 Å². The Balaban J connectivity index is 1.38. The van der Waals surface area contributed by atoms with Crippen LogP contribution < -0.4 is 0 Å². The van der Waals surface area contributed by atoms with Crippen molar-refractivity contribution in [3.63, 3.8) is 0 Å². The molecule has 162 valence electrons. The van der Waals surface area contributed by atoms with Gasteiger partial charge < -0.3 is 4.90 Å². The number of aromatic nitrogens is 3. The first-order chi connectivity index (χ1) is 15.0. The second kappa shape index (κ2) is 8.05. The van der Waals surface area contributed by atoms with E-state index >= 15 is 0 Å². The van der Waals surface area contributed by atoms with Crippen LogP contribution in [0.3, 0.4) is 0 Å². The van der Waals surface area contributed by atoms with E-state index in [9.17, 15) is 13.2 Å². The van der Waals surface area contributed by atoms with Crippen molar-refractivity contribution in [2.75, 3.05) is 26.2 Å². The van der Waals surface area contributed by atoms with Crippen LogP contribution in [0.15, 0.2) is 53.6 Å². The highest BCUT2D eigenvalue weighted by Gasteiger charge is 2.30. The van der Waals surface area contributed by atoms with Crippen LogP contribution in [0.25, 0.3) is 5.65 Å². The van der Waals surface area contributed by atoms with Crippen molar-refractivity contribution in [2.24, 2.45) is 0 Å². The molecule has 0 aliphatic carbocycles. The standard InChI is InChI=1S/C22H25N5O3S/c28-22(17-7-5-9-19(15-17)31(29,30)26-12-3-4-13-26)25-11-6-8-18(16-25)21-24-23-20-10-1-2-14-27(20)21/h1-2,5,7,9-10,14-15,18H,3-4,6,8,11-13,16H2/t18-/m0/s1.